The molecule has 7 heavy (non-hydrogen) atoms. The zero-order chi connectivity index (χ0) is 5.15. The Hall–Kier alpha value is 0.780. The maximum absolute atomic E-state index is 9.53. The fraction of sp³-hybridized carbons (Fsp3) is 0.500. The standard InChI is InChI=1S/C2H4O3S.Na/c1-2(3)6(4)5;/h1H3,(H,4,5);/q;+1/p-1. The minimum absolute atomic E-state index is 0. The van der Waals surface area contributed by atoms with E-state index in [0.717, 1.165) is 6.92 Å². The molecule has 0 amide bonds. The van der Waals surface area contributed by atoms with E-state index in [2.05, 4.69) is 0 Å². The van der Waals surface area contributed by atoms with Crippen molar-refractivity contribution in [3.8, 4) is 0 Å². The largest absolute Gasteiger partial charge is 1.00 e. The molecule has 0 spiro atoms. The maximum Gasteiger partial charge on any atom is 1.00 e. The SMILES string of the molecule is CC(=O)S(=O)[O-].[Na+]. The molecule has 0 bridgehead atoms. The zero-order valence-corrected chi connectivity index (χ0v) is 6.95. The molecule has 0 rings (SSSR count). The van der Waals surface area contributed by atoms with Gasteiger partial charge < -0.3 is 4.55 Å². The molecule has 5 heteroatoms. The molecule has 3 nitrogen and oxygen atoms in total. The molecule has 0 aromatic carbocycles. The molecule has 36 valence electrons. The van der Waals surface area contributed by atoms with Gasteiger partial charge in [0.2, 0.25) is 5.12 Å². The van der Waals surface area contributed by atoms with Crippen LogP contribution in [0.1, 0.15) is 6.92 Å². The molecule has 0 aliphatic carbocycles. The third-order valence-corrected chi connectivity index (χ3v) is 0.704. The van der Waals surface area contributed by atoms with Crippen molar-refractivity contribution in [2.75, 3.05) is 0 Å². The van der Waals surface area contributed by atoms with Crippen LogP contribution in [0, 0.1) is 0 Å². The van der Waals surface area contributed by atoms with Crippen molar-refractivity contribution in [1.29, 1.82) is 0 Å². The van der Waals surface area contributed by atoms with Crippen molar-refractivity contribution in [1.82, 2.24) is 0 Å². The van der Waals surface area contributed by atoms with Gasteiger partial charge >= 0.3 is 29.6 Å². The van der Waals surface area contributed by atoms with Crippen LogP contribution in [0.2, 0.25) is 0 Å². The number of rotatable bonds is 0. The first-order valence-electron chi connectivity index (χ1n) is 1.24. The molecule has 0 saturated carbocycles. The van der Waals surface area contributed by atoms with Crippen LogP contribution >= 0.6 is 0 Å². The van der Waals surface area contributed by atoms with Crippen LogP contribution < -0.4 is 29.6 Å². The van der Waals surface area contributed by atoms with Gasteiger partial charge in [0, 0.05) is 18.0 Å². The molecule has 0 aliphatic heterocycles. The van der Waals surface area contributed by atoms with Crippen molar-refractivity contribution in [3.05, 3.63) is 0 Å². The van der Waals surface area contributed by atoms with Crippen molar-refractivity contribution in [2.45, 2.75) is 6.92 Å². The Labute approximate surface area is 66.1 Å². The summed E-state index contributed by atoms with van der Waals surface area (Å²) in [5.41, 5.74) is 0. The molecule has 1 atom stereocenters. The Kier molecular flexibility index (Phi) is 7.54. The summed E-state index contributed by atoms with van der Waals surface area (Å²) < 4.78 is 18.7. The average molecular weight is 130 g/mol. The van der Waals surface area contributed by atoms with Gasteiger partial charge in [0.25, 0.3) is 0 Å². The molecule has 0 aromatic heterocycles. The second kappa shape index (κ2) is 4.93. The maximum atomic E-state index is 9.53. The Balaban J connectivity index is 0. The van der Waals surface area contributed by atoms with Crippen LogP contribution in [0.15, 0.2) is 0 Å². The summed E-state index contributed by atoms with van der Waals surface area (Å²) in [4.78, 5) is 9.53. The van der Waals surface area contributed by atoms with Gasteiger partial charge in [-0.3, -0.25) is 9.00 Å². The molecule has 0 fully saturated rings. The van der Waals surface area contributed by atoms with Gasteiger partial charge in [-0.25, -0.2) is 0 Å². The number of hydrogen-bond acceptors (Lipinski definition) is 3. The molecule has 0 saturated heterocycles. The van der Waals surface area contributed by atoms with Crippen molar-refractivity contribution < 1.29 is 43.1 Å². The summed E-state index contributed by atoms with van der Waals surface area (Å²) in [5.74, 6) is 0. The van der Waals surface area contributed by atoms with E-state index in [0.29, 0.717) is 0 Å². The molecule has 0 heterocycles. The van der Waals surface area contributed by atoms with Gasteiger partial charge in [-0.1, -0.05) is 0 Å². The molecule has 0 aliphatic rings. The molecule has 0 radical (unpaired) electrons. The Morgan fingerprint density at radius 2 is 1.86 bits per heavy atom. The average Bonchev–Trinajstić information content (AvgIpc) is 1.36. The zero-order valence-electron chi connectivity index (χ0n) is 4.13. The van der Waals surface area contributed by atoms with Crippen molar-refractivity contribution in [2.24, 2.45) is 0 Å². The minimum Gasteiger partial charge on any atom is -0.766 e. The van der Waals surface area contributed by atoms with E-state index in [1.54, 1.807) is 0 Å². The Morgan fingerprint density at radius 3 is 1.86 bits per heavy atom. The topological polar surface area (TPSA) is 57.2 Å². The Morgan fingerprint density at radius 1 is 1.71 bits per heavy atom. The van der Waals surface area contributed by atoms with E-state index in [1.165, 1.54) is 0 Å². The van der Waals surface area contributed by atoms with Crippen molar-refractivity contribution >= 4 is 16.2 Å². The smallest absolute Gasteiger partial charge is 0.766 e. The predicted octanol–water partition coefficient (Wildman–Crippen LogP) is -3.58. The van der Waals surface area contributed by atoms with Gasteiger partial charge in [0.05, 0.1) is 0 Å². The van der Waals surface area contributed by atoms with Gasteiger partial charge in [0.1, 0.15) is 0 Å². The molecule has 0 aromatic rings. The normalized spacial score (nSPS) is 11.7. The summed E-state index contributed by atoms with van der Waals surface area (Å²) in [6, 6.07) is 0. The second-order valence-corrected chi connectivity index (χ2v) is 1.77. The van der Waals surface area contributed by atoms with Crippen LogP contribution in [0.5, 0.6) is 0 Å². The van der Waals surface area contributed by atoms with Crippen molar-refractivity contribution in [3.63, 3.8) is 0 Å². The van der Waals surface area contributed by atoms with Crippen LogP contribution in [-0.2, 0) is 15.9 Å². The van der Waals surface area contributed by atoms with E-state index in [-0.39, 0.29) is 29.6 Å². The summed E-state index contributed by atoms with van der Waals surface area (Å²) in [6.07, 6.45) is 0. The summed E-state index contributed by atoms with van der Waals surface area (Å²) in [6.45, 7) is 0.989. The second-order valence-electron chi connectivity index (χ2n) is 0.726. The first-order chi connectivity index (χ1) is 2.64. The van der Waals surface area contributed by atoms with Crippen LogP contribution in [-0.4, -0.2) is 13.9 Å². The molecular weight excluding hydrogens is 127 g/mol. The van der Waals surface area contributed by atoms with E-state index in [4.69, 9.17) is 0 Å². The van der Waals surface area contributed by atoms with Gasteiger partial charge in [-0.05, 0) is 0 Å². The number of hydrogen-bond donors (Lipinski definition) is 0. The van der Waals surface area contributed by atoms with E-state index >= 15 is 0 Å². The number of carbonyl (C=O) groups excluding carboxylic acids is 1. The van der Waals surface area contributed by atoms with Crippen LogP contribution in [0.25, 0.3) is 0 Å². The Bertz CT molecular complexity index is 78.9. The summed E-state index contributed by atoms with van der Waals surface area (Å²) >= 11 is -2.51. The van der Waals surface area contributed by atoms with Crippen LogP contribution in [0.4, 0.5) is 0 Å². The first-order valence-corrected chi connectivity index (χ1v) is 2.32. The monoisotopic (exact) mass is 130 g/mol. The first kappa shape index (κ1) is 10.7. The summed E-state index contributed by atoms with van der Waals surface area (Å²) in [5, 5.41) is -0.824. The minimum atomic E-state index is -2.51. The molecular formula is C2H3NaO3S. The number of carbonyl (C=O) groups is 1. The van der Waals surface area contributed by atoms with E-state index in [1.807, 2.05) is 0 Å². The summed E-state index contributed by atoms with van der Waals surface area (Å²) in [7, 11) is 0. The molecule has 1 unspecified atom stereocenters. The quantitative estimate of drug-likeness (QED) is 0.251. The third kappa shape index (κ3) is 6.78. The van der Waals surface area contributed by atoms with Gasteiger partial charge in [-0.15, -0.1) is 0 Å². The van der Waals surface area contributed by atoms with E-state index < -0.39 is 16.2 Å². The molecule has 0 N–H and O–H groups in total. The van der Waals surface area contributed by atoms with Gasteiger partial charge in [-0.2, -0.15) is 0 Å². The third-order valence-electron chi connectivity index (χ3n) is 0.235. The predicted molar refractivity (Wildman–Crippen MR) is 19.6 cm³/mol. The van der Waals surface area contributed by atoms with Crippen LogP contribution in [0.3, 0.4) is 0 Å². The fourth-order valence-corrected chi connectivity index (χ4v) is 0. The van der Waals surface area contributed by atoms with E-state index in [9.17, 15) is 13.6 Å². The van der Waals surface area contributed by atoms with Gasteiger partial charge in [0.15, 0.2) is 0 Å². The fourth-order valence-electron chi connectivity index (χ4n) is 0.